The molecule has 0 radical (unpaired) electrons. The minimum Gasteiger partial charge on any atom is -0.481 e. The fraction of sp³-hybridized carbons (Fsp3) is 0.200. The predicted octanol–water partition coefficient (Wildman–Crippen LogP) is 1.52. The van der Waals surface area contributed by atoms with E-state index in [1.165, 1.54) is 5.56 Å². The second-order valence-electron chi connectivity index (χ2n) is 5.27. The first-order valence-electron chi connectivity index (χ1n) is 7.06. The number of aromatic amines is 1. The van der Waals surface area contributed by atoms with Gasteiger partial charge in [0.15, 0.2) is 5.82 Å². The Kier molecular flexibility index (Phi) is 3.19. The zero-order valence-corrected chi connectivity index (χ0v) is 12.8. The number of aryl methyl sites for hydroxylation is 2. The van der Waals surface area contributed by atoms with Gasteiger partial charge in [0.2, 0.25) is 5.16 Å². The predicted molar refractivity (Wildman–Crippen MR) is 85.6 cm³/mol. The first kappa shape index (κ1) is 14.0. The number of aliphatic carboxylic acids is 1. The second-order valence-corrected chi connectivity index (χ2v) is 6.21. The number of para-hydroxylation sites is 1. The van der Waals surface area contributed by atoms with Gasteiger partial charge in [-0.1, -0.05) is 30.0 Å². The van der Waals surface area contributed by atoms with Gasteiger partial charge in [-0.05, 0) is 23.4 Å². The van der Waals surface area contributed by atoms with E-state index in [0.29, 0.717) is 23.1 Å². The molecule has 0 unspecified atom stereocenters. The largest absolute Gasteiger partial charge is 0.481 e. The molecule has 1 aliphatic rings. The molecule has 2 N–H and O–H groups in total. The summed E-state index contributed by atoms with van der Waals surface area (Å²) in [5, 5.41) is 16.7. The van der Waals surface area contributed by atoms with Gasteiger partial charge in [0.25, 0.3) is 5.56 Å². The van der Waals surface area contributed by atoms with Gasteiger partial charge in [0, 0.05) is 6.54 Å². The van der Waals surface area contributed by atoms with Gasteiger partial charge < -0.3 is 9.67 Å². The van der Waals surface area contributed by atoms with E-state index in [1.54, 1.807) is 4.57 Å². The number of carbonyl (C=O) groups is 1. The third-order valence-corrected chi connectivity index (χ3v) is 4.68. The molecule has 0 atom stereocenters. The molecule has 0 spiro atoms. The Morgan fingerprint density at radius 1 is 1.43 bits per heavy atom. The van der Waals surface area contributed by atoms with E-state index in [1.807, 2.05) is 24.3 Å². The third kappa shape index (κ3) is 2.31. The maximum absolute atomic E-state index is 12.7. The minimum atomic E-state index is -0.937. The van der Waals surface area contributed by atoms with E-state index in [0.717, 1.165) is 29.1 Å². The summed E-state index contributed by atoms with van der Waals surface area (Å²) in [4.78, 5) is 27.5. The summed E-state index contributed by atoms with van der Waals surface area (Å²) < 4.78 is 1.77. The topological polar surface area (TPSA) is 101 Å². The van der Waals surface area contributed by atoms with E-state index < -0.39 is 5.97 Å². The van der Waals surface area contributed by atoms with Crippen LogP contribution < -0.4 is 5.56 Å². The number of nitrogens with zero attached hydrogens (tertiary/aromatic N) is 3. The standard InChI is InChI=1S/C15H12N4O3S/c20-11(21)7-23-15-16-13(17-18-15)10-6-9-3-1-2-8-4-5-19(12(8)9)14(10)22/h1-3,6H,4-5,7H2,(H,20,21)(H,16,17,18). The number of carboxylic acids is 1. The lowest BCUT2D eigenvalue weighted by molar-refractivity contribution is -0.133. The maximum atomic E-state index is 12.7. The molecule has 0 bridgehead atoms. The highest BCUT2D eigenvalue weighted by Crippen LogP contribution is 2.27. The number of hydrogen-bond acceptors (Lipinski definition) is 5. The van der Waals surface area contributed by atoms with Gasteiger partial charge in [-0.15, -0.1) is 5.10 Å². The molecule has 7 nitrogen and oxygen atoms in total. The van der Waals surface area contributed by atoms with Crippen LogP contribution in [0.2, 0.25) is 0 Å². The highest BCUT2D eigenvalue weighted by atomic mass is 32.2. The maximum Gasteiger partial charge on any atom is 0.313 e. The summed E-state index contributed by atoms with van der Waals surface area (Å²) >= 11 is 1.01. The van der Waals surface area contributed by atoms with Crippen LogP contribution in [0.1, 0.15) is 5.56 Å². The molecule has 0 saturated carbocycles. The number of nitrogens with one attached hydrogen (secondary N) is 1. The van der Waals surface area contributed by atoms with Crippen molar-refractivity contribution >= 4 is 28.6 Å². The van der Waals surface area contributed by atoms with Crippen molar-refractivity contribution in [1.82, 2.24) is 19.7 Å². The molecule has 0 saturated heterocycles. The lowest BCUT2D eigenvalue weighted by atomic mass is 10.1. The summed E-state index contributed by atoms with van der Waals surface area (Å²) in [6.45, 7) is 0.664. The van der Waals surface area contributed by atoms with Crippen molar-refractivity contribution in [2.45, 2.75) is 18.1 Å². The van der Waals surface area contributed by atoms with E-state index in [2.05, 4.69) is 15.2 Å². The number of aromatic nitrogens is 4. The summed E-state index contributed by atoms with van der Waals surface area (Å²) in [6.07, 6.45) is 0.853. The quantitative estimate of drug-likeness (QED) is 0.704. The molecule has 1 aromatic carbocycles. The van der Waals surface area contributed by atoms with Crippen molar-refractivity contribution in [3.63, 3.8) is 0 Å². The summed E-state index contributed by atoms with van der Waals surface area (Å²) in [6, 6.07) is 7.81. The van der Waals surface area contributed by atoms with Gasteiger partial charge in [-0.25, -0.2) is 4.98 Å². The molecule has 8 heteroatoms. The molecule has 116 valence electrons. The van der Waals surface area contributed by atoms with Gasteiger partial charge in [0.05, 0.1) is 16.8 Å². The molecule has 3 heterocycles. The SMILES string of the molecule is O=C(O)CSc1n[nH]c(-c2cc3cccc4c3n(c2=O)CC4)n1. The fourth-order valence-corrected chi connectivity index (χ4v) is 3.41. The lowest BCUT2D eigenvalue weighted by Gasteiger charge is -2.06. The lowest BCUT2D eigenvalue weighted by Crippen LogP contribution is -2.20. The van der Waals surface area contributed by atoms with Crippen molar-refractivity contribution in [2.75, 3.05) is 5.75 Å². The van der Waals surface area contributed by atoms with Crippen LogP contribution in [0, 0.1) is 0 Å². The van der Waals surface area contributed by atoms with Gasteiger partial charge >= 0.3 is 5.97 Å². The van der Waals surface area contributed by atoms with Crippen LogP contribution in [0.3, 0.4) is 0 Å². The van der Waals surface area contributed by atoms with Crippen LogP contribution >= 0.6 is 11.8 Å². The molecule has 0 aliphatic carbocycles. The number of carboxylic acid groups (broad SMARTS) is 1. The van der Waals surface area contributed by atoms with Crippen molar-refractivity contribution in [3.05, 3.63) is 40.2 Å². The summed E-state index contributed by atoms with van der Waals surface area (Å²) in [5.41, 5.74) is 2.52. The average molecular weight is 328 g/mol. The Morgan fingerprint density at radius 3 is 3.13 bits per heavy atom. The van der Waals surface area contributed by atoms with Crippen molar-refractivity contribution < 1.29 is 9.90 Å². The first-order chi connectivity index (χ1) is 11.1. The van der Waals surface area contributed by atoms with Gasteiger partial charge in [-0.2, -0.15) is 0 Å². The monoisotopic (exact) mass is 328 g/mol. The number of rotatable bonds is 4. The number of H-pyrrole nitrogens is 1. The summed E-state index contributed by atoms with van der Waals surface area (Å²) in [5.74, 6) is -0.693. The van der Waals surface area contributed by atoms with E-state index in [-0.39, 0.29) is 11.3 Å². The Balaban J connectivity index is 1.80. The molecule has 3 aromatic rings. The van der Waals surface area contributed by atoms with Crippen LogP contribution in [0.4, 0.5) is 0 Å². The van der Waals surface area contributed by atoms with E-state index in [9.17, 15) is 9.59 Å². The highest BCUT2D eigenvalue weighted by molar-refractivity contribution is 7.99. The van der Waals surface area contributed by atoms with Crippen LogP contribution in [0.25, 0.3) is 22.3 Å². The second kappa shape index (κ2) is 5.24. The Morgan fingerprint density at radius 2 is 2.30 bits per heavy atom. The fourth-order valence-electron chi connectivity index (χ4n) is 2.90. The van der Waals surface area contributed by atoms with Crippen molar-refractivity contribution in [1.29, 1.82) is 0 Å². The molecule has 0 fully saturated rings. The minimum absolute atomic E-state index is 0.103. The van der Waals surface area contributed by atoms with Crippen molar-refractivity contribution in [3.8, 4) is 11.4 Å². The highest BCUT2D eigenvalue weighted by Gasteiger charge is 2.20. The normalized spacial score (nSPS) is 12.9. The summed E-state index contributed by atoms with van der Waals surface area (Å²) in [7, 11) is 0. The zero-order chi connectivity index (χ0) is 16.0. The molecule has 2 aromatic heterocycles. The number of pyridine rings is 1. The van der Waals surface area contributed by atoms with Crippen LogP contribution in [0.15, 0.2) is 34.2 Å². The van der Waals surface area contributed by atoms with Crippen LogP contribution in [-0.4, -0.2) is 36.6 Å². The van der Waals surface area contributed by atoms with Crippen LogP contribution in [0.5, 0.6) is 0 Å². The Hall–Kier alpha value is -2.61. The zero-order valence-electron chi connectivity index (χ0n) is 11.9. The van der Waals surface area contributed by atoms with E-state index in [4.69, 9.17) is 5.11 Å². The molecular formula is C15H12N4O3S. The Bertz CT molecular complexity index is 992. The Labute approximate surface area is 134 Å². The smallest absolute Gasteiger partial charge is 0.313 e. The van der Waals surface area contributed by atoms with Crippen molar-refractivity contribution in [2.24, 2.45) is 0 Å². The number of thioether (sulfide) groups is 1. The van der Waals surface area contributed by atoms with E-state index >= 15 is 0 Å². The molecule has 4 rings (SSSR count). The average Bonchev–Trinajstić information content (AvgIpc) is 3.17. The van der Waals surface area contributed by atoms with Gasteiger partial charge in [0.1, 0.15) is 0 Å². The first-order valence-corrected chi connectivity index (χ1v) is 8.05. The van der Waals surface area contributed by atoms with Gasteiger partial charge in [-0.3, -0.25) is 14.7 Å². The molecular weight excluding hydrogens is 316 g/mol. The number of benzene rings is 1. The third-order valence-electron chi connectivity index (χ3n) is 3.85. The molecule has 23 heavy (non-hydrogen) atoms. The molecule has 0 amide bonds. The number of hydrogen-bond donors (Lipinski definition) is 2. The molecule has 1 aliphatic heterocycles. The van der Waals surface area contributed by atoms with Crippen LogP contribution in [-0.2, 0) is 17.8 Å².